The summed E-state index contributed by atoms with van der Waals surface area (Å²) in [4.78, 5) is 0. The molecule has 0 spiro atoms. The molecule has 0 radical (unpaired) electrons. The maximum Gasteiger partial charge on any atom is 0.158 e. The molecule has 0 N–H and O–H groups in total. The van der Waals surface area contributed by atoms with E-state index in [1.54, 1.807) is 0 Å². The van der Waals surface area contributed by atoms with E-state index in [4.69, 9.17) is 9.47 Å². The van der Waals surface area contributed by atoms with Gasteiger partial charge in [0.2, 0.25) is 0 Å². The van der Waals surface area contributed by atoms with Gasteiger partial charge in [0.25, 0.3) is 0 Å². The smallest absolute Gasteiger partial charge is 0.158 e. The van der Waals surface area contributed by atoms with Gasteiger partial charge in [-0.05, 0) is 26.2 Å². The molecule has 0 aromatic rings. The van der Waals surface area contributed by atoms with Crippen molar-refractivity contribution in [2.24, 2.45) is 0 Å². The van der Waals surface area contributed by atoms with Gasteiger partial charge in [-0.15, -0.1) is 0 Å². The van der Waals surface area contributed by atoms with E-state index in [9.17, 15) is 0 Å². The Morgan fingerprint density at radius 3 is 2.83 bits per heavy atom. The van der Waals surface area contributed by atoms with E-state index in [-0.39, 0.29) is 6.29 Å². The van der Waals surface area contributed by atoms with Gasteiger partial charge in [-0.25, -0.2) is 0 Å². The summed E-state index contributed by atoms with van der Waals surface area (Å²) >= 11 is 0. The lowest BCUT2D eigenvalue weighted by molar-refractivity contribution is -0.157. The molecular formula is C10H18O2. The standard InChI is InChI=1S/C10H18O2/c1-3-10(11-4-2)12-9-7-5-6-8-9/h5,7,9-10H,3-4,6,8H2,1-2H3. The van der Waals surface area contributed by atoms with Crippen molar-refractivity contribution in [3.63, 3.8) is 0 Å². The highest BCUT2D eigenvalue weighted by Gasteiger charge is 2.14. The highest BCUT2D eigenvalue weighted by atomic mass is 16.7. The van der Waals surface area contributed by atoms with E-state index in [0.717, 1.165) is 25.9 Å². The number of allylic oxidation sites excluding steroid dienone is 1. The Morgan fingerprint density at radius 1 is 1.50 bits per heavy atom. The van der Waals surface area contributed by atoms with Crippen LogP contribution in [0.4, 0.5) is 0 Å². The topological polar surface area (TPSA) is 18.5 Å². The van der Waals surface area contributed by atoms with Crippen LogP contribution >= 0.6 is 0 Å². The van der Waals surface area contributed by atoms with Gasteiger partial charge in [0, 0.05) is 6.61 Å². The second-order valence-corrected chi connectivity index (χ2v) is 2.97. The maximum atomic E-state index is 5.69. The van der Waals surface area contributed by atoms with Gasteiger partial charge in [0.1, 0.15) is 0 Å². The van der Waals surface area contributed by atoms with Crippen LogP contribution in [0.5, 0.6) is 0 Å². The van der Waals surface area contributed by atoms with Gasteiger partial charge in [-0.2, -0.15) is 0 Å². The molecule has 70 valence electrons. The van der Waals surface area contributed by atoms with Crippen molar-refractivity contribution in [1.82, 2.24) is 0 Å². The summed E-state index contributed by atoms with van der Waals surface area (Å²) in [6.45, 7) is 4.81. The lowest BCUT2D eigenvalue weighted by Crippen LogP contribution is -2.21. The van der Waals surface area contributed by atoms with Crippen LogP contribution in [-0.2, 0) is 9.47 Å². The Hall–Kier alpha value is -0.340. The summed E-state index contributed by atoms with van der Waals surface area (Å²) in [6.07, 6.45) is 7.77. The Labute approximate surface area is 74.6 Å². The maximum absolute atomic E-state index is 5.69. The third-order valence-corrected chi connectivity index (χ3v) is 1.98. The largest absolute Gasteiger partial charge is 0.353 e. The van der Waals surface area contributed by atoms with Crippen LogP contribution in [0, 0.1) is 0 Å². The molecule has 2 heteroatoms. The first-order valence-corrected chi connectivity index (χ1v) is 4.80. The molecule has 1 aliphatic carbocycles. The van der Waals surface area contributed by atoms with Crippen LogP contribution in [0.3, 0.4) is 0 Å². The van der Waals surface area contributed by atoms with Gasteiger partial charge in [0.15, 0.2) is 6.29 Å². The van der Waals surface area contributed by atoms with E-state index < -0.39 is 0 Å². The Kier molecular flexibility index (Phi) is 4.33. The van der Waals surface area contributed by atoms with Crippen molar-refractivity contribution in [3.05, 3.63) is 12.2 Å². The summed E-state index contributed by atoms with van der Waals surface area (Å²) in [5.74, 6) is 0. The van der Waals surface area contributed by atoms with Crippen molar-refractivity contribution in [3.8, 4) is 0 Å². The SMILES string of the molecule is CCOC(CC)OC1C=CCC1. The second-order valence-electron chi connectivity index (χ2n) is 2.97. The number of ether oxygens (including phenoxy) is 2. The summed E-state index contributed by atoms with van der Waals surface area (Å²) in [5.41, 5.74) is 0. The fourth-order valence-electron chi connectivity index (χ4n) is 1.35. The molecule has 0 saturated carbocycles. The first kappa shape index (κ1) is 9.75. The van der Waals surface area contributed by atoms with Crippen molar-refractivity contribution >= 4 is 0 Å². The lowest BCUT2D eigenvalue weighted by atomic mass is 10.3. The van der Waals surface area contributed by atoms with E-state index in [2.05, 4.69) is 19.1 Å². The number of rotatable bonds is 5. The van der Waals surface area contributed by atoms with Gasteiger partial charge < -0.3 is 9.47 Å². The molecule has 0 bridgehead atoms. The number of hydrogen-bond acceptors (Lipinski definition) is 2. The van der Waals surface area contributed by atoms with E-state index in [0.29, 0.717) is 6.10 Å². The van der Waals surface area contributed by atoms with Gasteiger partial charge in [0.05, 0.1) is 6.10 Å². The summed E-state index contributed by atoms with van der Waals surface area (Å²) in [5, 5.41) is 0. The summed E-state index contributed by atoms with van der Waals surface area (Å²) in [7, 11) is 0. The van der Waals surface area contributed by atoms with Crippen LogP contribution in [0.15, 0.2) is 12.2 Å². The molecule has 0 saturated heterocycles. The minimum absolute atomic E-state index is 0.0113. The zero-order chi connectivity index (χ0) is 8.81. The average Bonchev–Trinajstić information content (AvgIpc) is 2.56. The van der Waals surface area contributed by atoms with Crippen molar-refractivity contribution in [1.29, 1.82) is 0 Å². The molecule has 2 unspecified atom stereocenters. The highest BCUT2D eigenvalue weighted by Crippen LogP contribution is 2.16. The molecule has 0 aromatic heterocycles. The zero-order valence-corrected chi connectivity index (χ0v) is 7.95. The molecule has 0 heterocycles. The minimum atomic E-state index is -0.0113. The molecule has 1 aliphatic rings. The summed E-state index contributed by atoms with van der Waals surface area (Å²) in [6, 6.07) is 0. The van der Waals surface area contributed by atoms with Gasteiger partial charge >= 0.3 is 0 Å². The molecule has 0 fully saturated rings. The van der Waals surface area contributed by atoms with Crippen molar-refractivity contribution in [2.75, 3.05) is 6.61 Å². The first-order valence-electron chi connectivity index (χ1n) is 4.80. The van der Waals surface area contributed by atoms with E-state index in [1.165, 1.54) is 0 Å². The Morgan fingerprint density at radius 2 is 2.33 bits per heavy atom. The molecular weight excluding hydrogens is 152 g/mol. The molecule has 2 atom stereocenters. The minimum Gasteiger partial charge on any atom is -0.353 e. The van der Waals surface area contributed by atoms with Gasteiger partial charge in [-0.3, -0.25) is 0 Å². The molecule has 2 nitrogen and oxygen atoms in total. The zero-order valence-electron chi connectivity index (χ0n) is 7.95. The fourth-order valence-corrected chi connectivity index (χ4v) is 1.35. The monoisotopic (exact) mass is 170 g/mol. The summed E-state index contributed by atoms with van der Waals surface area (Å²) < 4.78 is 11.1. The third kappa shape index (κ3) is 2.95. The molecule has 0 aromatic carbocycles. The fraction of sp³-hybridized carbons (Fsp3) is 0.800. The molecule has 12 heavy (non-hydrogen) atoms. The highest BCUT2D eigenvalue weighted by molar-refractivity contribution is 4.97. The van der Waals surface area contributed by atoms with Crippen LogP contribution in [0.1, 0.15) is 33.1 Å². The van der Waals surface area contributed by atoms with Crippen LogP contribution in [0.25, 0.3) is 0 Å². The lowest BCUT2D eigenvalue weighted by Gasteiger charge is -2.19. The van der Waals surface area contributed by atoms with Crippen LogP contribution < -0.4 is 0 Å². The molecule has 0 amide bonds. The first-order chi connectivity index (χ1) is 5.86. The Balaban J connectivity index is 2.21. The Bertz CT molecular complexity index is 143. The third-order valence-electron chi connectivity index (χ3n) is 1.98. The predicted octanol–water partition coefficient (Wildman–Crippen LogP) is 2.49. The molecule has 1 rings (SSSR count). The second kappa shape index (κ2) is 5.33. The van der Waals surface area contributed by atoms with Crippen molar-refractivity contribution in [2.45, 2.75) is 45.5 Å². The quantitative estimate of drug-likeness (QED) is 0.466. The van der Waals surface area contributed by atoms with Gasteiger partial charge in [-0.1, -0.05) is 19.1 Å². The normalized spacial score (nSPS) is 24.7. The number of hydrogen-bond donors (Lipinski definition) is 0. The average molecular weight is 170 g/mol. The van der Waals surface area contributed by atoms with E-state index in [1.807, 2.05) is 6.92 Å². The van der Waals surface area contributed by atoms with Crippen LogP contribution in [0.2, 0.25) is 0 Å². The van der Waals surface area contributed by atoms with E-state index >= 15 is 0 Å². The molecule has 0 aliphatic heterocycles. The van der Waals surface area contributed by atoms with Crippen LogP contribution in [-0.4, -0.2) is 19.0 Å². The predicted molar refractivity (Wildman–Crippen MR) is 49.0 cm³/mol. The van der Waals surface area contributed by atoms with Crippen molar-refractivity contribution < 1.29 is 9.47 Å².